The highest BCUT2D eigenvalue weighted by Gasteiger charge is 2.31. The van der Waals surface area contributed by atoms with Gasteiger partial charge < -0.3 is 10.2 Å². The summed E-state index contributed by atoms with van der Waals surface area (Å²) in [7, 11) is 0. The Balaban J connectivity index is 1.66. The fraction of sp³-hybridized carbons (Fsp3) is 0.138. The molecule has 0 fully saturated rings. The molecule has 1 N–H and O–H groups in total. The summed E-state index contributed by atoms with van der Waals surface area (Å²) in [6, 6.07) is 29.2. The van der Waals surface area contributed by atoms with Crippen molar-refractivity contribution in [1.82, 2.24) is 15.2 Å². The van der Waals surface area contributed by atoms with Crippen LogP contribution in [0.5, 0.6) is 0 Å². The number of carbonyl (C=O) groups is 2. The smallest absolute Gasteiger partial charge is 0.247 e. The third-order valence-electron chi connectivity index (χ3n) is 5.68. The molecule has 0 saturated heterocycles. The molecular weight excluding hydrogens is 458 g/mol. The molecule has 2 amide bonds. The minimum Gasteiger partial charge on any atom is -0.350 e. The van der Waals surface area contributed by atoms with Crippen LogP contribution in [0.25, 0.3) is 0 Å². The van der Waals surface area contributed by atoms with Gasteiger partial charge in [0.25, 0.3) is 0 Å². The lowest BCUT2D eigenvalue weighted by Crippen LogP contribution is -2.43. The van der Waals surface area contributed by atoms with Gasteiger partial charge in [-0.15, -0.1) is 0 Å². The number of benzene rings is 3. The van der Waals surface area contributed by atoms with E-state index in [1.165, 1.54) is 0 Å². The normalized spacial score (nSPS) is 11.5. The molecule has 1 heterocycles. The summed E-state index contributed by atoms with van der Waals surface area (Å²) in [6.45, 7) is 0.644. The molecule has 5 nitrogen and oxygen atoms in total. The van der Waals surface area contributed by atoms with Crippen molar-refractivity contribution >= 4 is 23.4 Å². The summed E-state index contributed by atoms with van der Waals surface area (Å²) in [4.78, 5) is 33.0. The van der Waals surface area contributed by atoms with Crippen LogP contribution < -0.4 is 5.32 Å². The highest BCUT2D eigenvalue weighted by atomic mass is 35.5. The number of hydrogen-bond acceptors (Lipinski definition) is 3. The van der Waals surface area contributed by atoms with Crippen LogP contribution in [0.4, 0.5) is 0 Å². The van der Waals surface area contributed by atoms with Crippen molar-refractivity contribution in [2.24, 2.45) is 0 Å². The van der Waals surface area contributed by atoms with E-state index in [1.54, 1.807) is 29.4 Å². The molecule has 0 aliphatic heterocycles. The van der Waals surface area contributed by atoms with Crippen LogP contribution in [0.15, 0.2) is 109 Å². The minimum atomic E-state index is -0.793. The predicted molar refractivity (Wildman–Crippen MR) is 137 cm³/mol. The van der Waals surface area contributed by atoms with Gasteiger partial charge in [-0.2, -0.15) is 0 Å². The van der Waals surface area contributed by atoms with Crippen molar-refractivity contribution in [1.29, 1.82) is 0 Å². The van der Waals surface area contributed by atoms with Crippen LogP contribution in [0.1, 0.15) is 28.3 Å². The number of nitrogens with one attached hydrogen (secondary N) is 1. The molecule has 4 rings (SSSR count). The van der Waals surface area contributed by atoms with Crippen molar-refractivity contribution < 1.29 is 9.59 Å². The maximum Gasteiger partial charge on any atom is 0.247 e. The van der Waals surface area contributed by atoms with E-state index >= 15 is 0 Å². The molecule has 0 bridgehead atoms. The number of carbonyl (C=O) groups excluding carboxylic acids is 2. The van der Waals surface area contributed by atoms with Gasteiger partial charge in [0, 0.05) is 30.5 Å². The van der Waals surface area contributed by atoms with E-state index in [0.29, 0.717) is 18.1 Å². The summed E-state index contributed by atoms with van der Waals surface area (Å²) in [5, 5.41) is 3.62. The SMILES string of the molecule is O=C(NCc1ccncc1)[C@@H](c1ccccc1)N(Cc1ccccc1)C(=O)Cc1ccc(Cl)cc1. The number of amides is 2. The van der Waals surface area contributed by atoms with Crippen molar-refractivity contribution in [2.45, 2.75) is 25.6 Å². The van der Waals surface area contributed by atoms with Gasteiger partial charge in [0.1, 0.15) is 6.04 Å². The Morgan fingerprint density at radius 1 is 0.771 bits per heavy atom. The molecule has 0 saturated carbocycles. The monoisotopic (exact) mass is 483 g/mol. The Hall–Kier alpha value is -3.96. The van der Waals surface area contributed by atoms with Crippen molar-refractivity contribution in [3.8, 4) is 0 Å². The van der Waals surface area contributed by atoms with Crippen LogP contribution in [-0.4, -0.2) is 21.7 Å². The molecule has 0 aliphatic rings. The first-order chi connectivity index (χ1) is 17.1. The maximum atomic E-state index is 13.7. The third kappa shape index (κ3) is 6.78. The van der Waals surface area contributed by atoms with E-state index in [9.17, 15) is 9.59 Å². The second kappa shape index (κ2) is 12.0. The van der Waals surface area contributed by atoms with Crippen LogP contribution >= 0.6 is 11.6 Å². The lowest BCUT2D eigenvalue weighted by atomic mass is 10.0. The predicted octanol–water partition coefficient (Wildman–Crippen LogP) is 5.36. The van der Waals surface area contributed by atoms with Gasteiger partial charge in [0.15, 0.2) is 0 Å². The van der Waals surface area contributed by atoms with Crippen molar-refractivity contribution in [2.75, 3.05) is 0 Å². The number of aromatic nitrogens is 1. The molecule has 0 aliphatic carbocycles. The van der Waals surface area contributed by atoms with Crippen LogP contribution in [0.3, 0.4) is 0 Å². The Morgan fingerprint density at radius 3 is 2.06 bits per heavy atom. The van der Waals surface area contributed by atoms with Gasteiger partial charge in [0.05, 0.1) is 6.42 Å². The first kappa shape index (κ1) is 24.2. The molecule has 0 radical (unpaired) electrons. The standard InChI is InChI=1S/C29H26ClN3O2/c30-26-13-11-22(12-14-26)19-27(34)33(21-24-7-3-1-4-8-24)28(25-9-5-2-6-10-25)29(35)32-20-23-15-17-31-18-16-23/h1-18,28H,19-21H2,(H,32,35)/t28-/m1/s1. The van der Waals surface area contributed by atoms with Gasteiger partial charge in [-0.1, -0.05) is 84.4 Å². The molecule has 3 aromatic carbocycles. The average molecular weight is 484 g/mol. The van der Waals surface area contributed by atoms with Crippen LogP contribution in [-0.2, 0) is 29.1 Å². The Bertz CT molecular complexity index is 1230. The second-order valence-corrected chi connectivity index (χ2v) is 8.63. The molecule has 6 heteroatoms. The number of halogens is 1. The van der Waals surface area contributed by atoms with E-state index in [1.807, 2.05) is 84.9 Å². The van der Waals surface area contributed by atoms with Crippen LogP contribution in [0.2, 0.25) is 5.02 Å². The molecule has 35 heavy (non-hydrogen) atoms. The average Bonchev–Trinajstić information content (AvgIpc) is 2.90. The number of rotatable bonds is 9. The molecule has 4 aromatic rings. The fourth-order valence-corrected chi connectivity index (χ4v) is 4.00. The second-order valence-electron chi connectivity index (χ2n) is 8.20. The highest BCUT2D eigenvalue weighted by Crippen LogP contribution is 2.25. The molecule has 1 atom stereocenters. The van der Waals surface area contributed by atoms with E-state index < -0.39 is 6.04 Å². The molecule has 176 valence electrons. The first-order valence-electron chi connectivity index (χ1n) is 11.4. The summed E-state index contributed by atoms with van der Waals surface area (Å²) in [6.07, 6.45) is 3.53. The van der Waals surface area contributed by atoms with Gasteiger partial charge >= 0.3 is 0 Å². The fourth-order valence-electron chi connectivity index (χ4n) is 3.88. The Kier molecular flexibility index (Phi) is 8.25. The van der Waals surface area contributed by atoms with Gasteiger partial charge in [0.2, 0.25) is 11.8 Å². The largest absolute Gasteiger partial charge is 0.350 e. The molecule has 1 aromatic heterocycles. The third-order valence-corrected chi connectivity index (χ3v) is 5.93. The van der Waals surface area contributed by atoms with Gasteiger partial charge in [-0.3, -0.25) is 14.6 Å². The zero-order valence-corrected chi connectivity index (χ0v) is 19.9. The lowest BCUT2D eigenvalue weighted by molar-refractivity contribution is -0.141. The topological polar surface area (TPSA) is 62.3 Å². The van der Waals surface area contributed by atoms with E-state index in [4.69, 9.17) is 11.6 Å². The zero-order chi connectivity index (χ0) is 24.5. The zero-order valence-electron chi connectivity index (χ0n) is 19.2. The van der Waals surface area contributed by atoms with Crippen molar-refractivity contribution in [3.63, 3.8) is 0 Å². The van der Waals surface area contributed by atoms with Crippen molar-refractivity contribution in [3.05, 3.63) is 137 Å². The van der Waals surface area contributed by atoms with E-state index in [2.05, 4.69) is 10.3 Å². The number of nitrogens with zero attached hydrogens (tertiary/aromatic N) is 2. The molecule has 0 unspecified atom stereocenters. The summed E-state index contributed by atoms with van der Waals surface area (Å²) < 4.78 is 0. The first-order valence-corrected chi connectivity index (χ1v) is 11.8. The van der Waals surface area contributed by atoms with E-state index in [-0.39, 0.29) is 18.2 Å². The lowest BCUT2D eigenvalue weighted by Gasteiger charge is -2.32. The number of pyridine rings is 1. The molecule has 0 spiro atoms. The maximum absolute atomic E-state index is 13.7. The van der Waals surface area contributed by atoms with Gasteiger partial charge in [-0.25, -0.2) is 0 Å². The quantitative estimate of drug-likeness (QED) is 0.348. The molecular formula is C29H26ClN3O2. The Morgan fingerprint density at radius 2 is 1.40 bits per heavy atom. The Labute approximate surface area is 210 Å². The van der Waals surface area contributed by atoms with Gasteiger partial charge in [-0.05, 0) is 46.5 Å². The number of hydrogen-bond donors (Lipinski definition) is 1. The summed E-state index contributed by atoms with van der Waals surface area (Å²) in [5.41, 5.74) is 3.46. The summed E-state index contributed by atoms with van der Waals surface area (Å²) >= 11 is 6.02. The van der Waals surface area contributed by atoms with Crippen LogP contribution in [0, 0.1) is 0 Å². The minimum absolute atomic E-state index is 0.149. The summed E-state index contributed by atoms with van der Waals surface area (Å²) in [5.74, 6) is -0.391. The highest BCUT2D eigenvalue weighted by molar-refractivity contribution is 6.30. The van der Waals surface area contributed by atoms with E-state index in [0.717, 1.165) is 22.3 Å².